The van der Waals surface area contributed by atoms with Gasteiger partial charge in [0.25, 0.3) is 0 Å². The zero-order chi connectivity index (χ0) is 16.3. The standard InChI is InChI=1S/C20H30O2.ClH/c1-2-3-4-5-6-7-8-9-10-11-12-13-14-15-16-17-18-19-20(21)22;/h10-19H,2-9H2,1H3,(H,21,22);1H. The highest BCUT2D eigenvalue weighted by Gasteiger charge is 1.88. The molecule has 0 spiro atoms. The molecule has 0 amide bonds. The molecule has 0 aromatic carbocycles. The van der Waals surface area contributed by atoms with E-state index >= 15 is 0 Å². The minimum atomic E-state index is -0.931. The van der Waals surface area contributed by atoms with Crippen molar-refractivity contribution in [2.75, 3.05) is 0 Å². The molecule has 0 atom stereocenters. The van der Waals surface area contributed by atoms with Gasteiger partial charge in [0.1, 0.15) is 0 Å². The molecular formula is C20H31ClO2. The number of allylic oxidation sites excluding steroid dienone is 9. The number of aliphatic carboxylic acids is 1. The Morgan fingerprint density at radius 2 is 1.22 bits per heavy atom. The maximum Gasteiger partial charge on any atom is 0.328 e. The monoisotopic (exact) mass is 338 g/mol. The van der Waals surface area contributed by atoms with Crippen molar-refractivity contribution in [1.29, 1.82) is 0 Å². The molecule has 23 heavy (non-hydrogen) atoms. The van der Waals surface area contributed by atoms with Crippen molar-refractivity contribution in [3.05, 3.63) is 60.8 Å². The van der Waals surface area contributed by atoms with Gasteiger partial charge in [-0.15, -0.1) is 12.4 Å². The van der Waals surface area contributed by atoms with E-state index in [1.807, 2.05) is 24.3 Å². The van der Waals surface area contributed by atoms with Crippen molar-refractivity contribution in [3.63, 3.8) is 0 Å². The number of halogens is 1. The average Bonchev–Trinajstić information content (AvgIpc) is 2.50. The molecule has 0 saturated carbocycles. The second-order valence-corrected chi connectivity index (χ2v) is 5.19. The van der Waals surface area contributed by atoms with Crippen LogP contribution in [-0.4, -0.2) is 11.1 Å². The van der Waals surface area contributed by atoms with Crippen LogP contribution in [0.4, 0.5) is 0 Å². The van der Waals surface area contributed by atoms with Gasteiger partial charge in [-0.05, 0) is 12.8 Å². The number of unbranched alkanes of at least 4 members (excludes halogenated alkanes) is 7. The van der Waals surface area contributed by atoms with E-state index in [0.717, 1.165) is 12.5 Å². The second-order valence-electron chi connectivity index (χ2n) is 5.19. The number of rotatable bonds is 13. The normalized spacial score (nSPS) is 12.2. The number of carbonyl (C=O) groups is 1. The Morgan fingerprint density at radius 1 is 0.739 bits per heavy atom. The van der Waals surface area contributed by atoms with Crippen molar-refractivity contribution in [2.24, 2.45) is 0 Å². The van der Waals surface area contributed by atoms with Gasteiger partial charge in [0, 0.05) is 6.08 Å². The molecule has 0 saturated heterocycles. The molecular weight excluding hydrogens is 308 g/mol. The first-order valence-corrected chi connectivity index (χ1v) is 8.33. The minimum Gasteiger partial charge on any atom is -0.478 e. The van der Waals surface area contributed by atoms with Gasteiger partial charge in [0.15, 0.2) is 0 Å². The van der Waals surface area contributed by atoms with Gasteiger partial charge in [0.2, 0.25) is 0 Å². The van der Waals surface area contributed by atoms with E-state index in [4.69, 9.17) is 5.11 Å². The molecule has 2 nitrogen and oxygen atoms in total. The Morgan fingerprint density at radius 3 is 1.78 bits per heavy atom. The molecule has 0 bridgehead atoms. The van der Waals surface area contributed by atoms with E-state index < -0.39 is 5.97 Å². The molecule has 0 radical (unpaired) electrons. The SMILES string of the molecule is CCCCCCCCCC=CC=CC=CC=CC=CC(=O)O.Cl. The fourth-order valence-corrected chi connectivity index (χ4v) is 1.92. The maximum absolute atomic E-state index is 10.2. The highest BCUT2D eigenvalue weighted by atomic mass is 35.5. The average molecular weight is 339 g/mol. The predicted molar refractivity (Wildman–Crippen MR) is 103 cm³/mol. The van der Waals surface area contributed by atoms with E-state index in [1.165, 1.54) is 51.0 Å². The maximum atomic E-state index is 10.2. The molecule has 0 aliphatic carbocycles. The van der Waals surface area contributed by atoms with Crippen LogP contribution >= 0.6 is 12.4 Å². The lowest BCUT2D eigenvalue weighted by molar-refractivity contribution is -0.131. The van der Waals surface area contributed by atoms with Gasteiger partial charge < -0.3 is 5.11 Å². The summed E-state index contributed by atoms with van der Waals surface area (Å²) in [6, 6.07) is 0. The van der Waals surface area contributed by atoms with Crippen molar-refractivity contribution in [2.45, 2.75) is 58.3 Å². The summed E-state index contributed by atoms with van der Waals surface area (Å²) >= 11 is 0. The number of carboxylic acid groups (broad SMARTS) is 1. The minimum absolute atomic E-state index is 0. The van der Waals surface area contributed by atoms with Gasteiger partial charge in [-0.1, -0.05) is 100 Å². The van der Waals surface area contributed by atoms with Crippen molar-refractivity contribution in [1.82, 2.24) is 0 Å². The van der Waals surface area contributed by atoms with E-state index in [2.05, 4.69) is 19.1 Å². The van der Waals surface area contributed by atoms with Gasteiger partial charge in [-0.3, -0.25) is 0 Å². The molecule has 3 heteroatoms. The van der Waals surface area contributed by atoms with Gasteiger partial charge in [-0.25, -0.2) is 4.79 Å². The topological polar surface area (TPSA) is 37.3 Å². The molecule has 0 aliphatic rings. The van der Waals surface area contributed by atoms with Crippen molar-refractivity contribution in [3.8, 4) is 0 Å². The smallest absolute Gasteiger partial charge is 0.328 e. The first-order chi connectivity index (χ1) is 10.8. The van der Waals surface area contributed by atoms with Crippen molar-refractivity contribution < 1.29 is 9.90 Å². The fraction of sp³-hybridized carbons (Fsp3) is 0.450. The van der Waals surface area contributed by atoms with Crippen LogP contribution in [0.1, 0.15) is 58.3 Å². The summed E-state index contributed by atoms with van der Waals surface area (Å²) in [5.41, 5.74) is 0. The van der Waals surface area contributed by atoms with Gasteiger partial charge in [0.05, 0.1) is 0 Å². The molecule has 0 aromatic heterocycles. The summed E-state index contributed by atoms with van der Waals surface area (Å²) in [5.74, 6) is -0.931. The summed E-state index contributed by atoms with van der Waals surface area (Å²) in [6.45, 7) is 2.25. The fourth-order valence-electron chi connectivity index (χ4n) is 1.92. The van der Waals surface area contributed by atoms with E-state index in [-0.39, 0.29) is 12.4 Å². The van der Waals surface area contributed by atoms with Crippen LogP contribution in [0.3, 0.4) is 0 Å². The molecule has 0 unspecified atom stereocenters. The molecule has 0 heterocycles. The van der Waals surface area contributed by atoms with Gasteiger partial charge >= 0.3 is 5.97 Å². The second kappa shape index (κ2) is 20.5. The Bertz CT molecular complexity index is 404. The Hall–Kier alpha value is -1.54. The zero-order valence-electron chi connectivity index (χ0n) is 14.2. The molecule has 130 valence electrons. The third kappa shape index (κ3) is 22.9. The van der Waals surface area contributed by atoms with E-state index in [0.29, 0.717) is 0 Å². The number of carboxylic acids is 1. The zero-order valence-corrected chi connectivity index (χ0v) is 15.0. The van der Waals surface area contributed by atoms with Crippen LogP contribution in [0.25, 0.3) is 0 Å². The highest BCUT2D eigenvalue weighted by molar-refractivity contribution is 5.85. The lowest BCUT2D eigenvalue weighted by Crippen LogP contribution is -1.84. The van der Waals surface area contributed by atoms with Crippen LogP contribution in [0.2, 0.25) is 0 Å². The van der Waals surface area contributed by atoms with Crippen LogP contribution < -0.4 is 0 Å². The molecule has 0 rings (SSSR count). The van der Waals surface area contributed by atoms with E-state index in [9.17, 15) is 4.79 Å². The third-order valence-electron chi connectivity index (χ3n) is 3.13. The van der Waals surface area contributed by atoms with Crippen LogP contribution in [0.5, 0.6) is 0 Å². The Labute approximate surface area is 147 Å². The molecule has 1 N–H and O–H groups in total. The molecule has 0 fully saturated rings. The third-order valence-corrected chi connectivity index (χ3v) is 3.13. The van der Waals surface area contributed by atoms with Crippen molar-refractivity contribution >= 4 is 18.4 Å². The first kappa shape index (κ1) is 23.7. The Balaban J connectivity index is 0. The first-order valence-electron chi connectivity index (χ1n) is 8.33. The van der Waals surface area contributed by atoms with Crippen LogP contribution in [-0.2, 0) is 4.79 Å². The number of hydrogen-bond donors (Lipinski definition) is 1. The summed E-state index contributed by atoms with van der Waals surface area (Å²) in [4.78, 5) is 10.2. The Kier molecular flexibility index (Phi) is 21.1. The highest BCUT2D eigenvalue weighted by Crippen LogP contribution is 2.08. The summed E-state index contributed by atoms with van der Waals surface area (Å²) in [7, 11) is 0. The van der Waals surface area contributed by atoms with E-state index in [1.54, 1.807) is 12.2 Å². The van der Waals surface area contributed by atoms with Crippen LogP contribution in [0.15, 0.2) is 60.8 Å². The molecule has 0 aliphatic heterocycles. The lowest BCUT2D eigenvalue weighted by atomic mass is 10.1. The van der Waals surface area contributed by atoms with Gasteiger partial charge in [-0.2, -0.15) is 0 Å². The lowest BCUT2D eigenvalue weighted by Gasteiger charge is -1.98. The quantitative estimate of drug-likeness (QED) is 0.239. The van der Waals surface area contributed by atoms with Crippen LogP contribution in [0, 0.1) is 0 Å². The largest absolute Gasteiger partial charge is 0.478 e. The predicted octanol–water partition coefficient (Wildman–Crippen LogP) is 6.41. The number of hydrogen-bond acceptors (Lipinski definition) is 1. The molecule has 0 aromatic rings. The summed E-state index contributed by atoms with van der Waals surface area (Å²) in [6.07, 6.45) is 28.8. The summed E-state index contributed by atoms with van der Waals surface area (Å²) < 4.78 is 0. The summed E-state index contributed by atoms with van der Waals surface area (Å²) in [5, 5.41) is 8.38.